The van der Waals surface area contributed by atoms with Crippen LogP contribution < -0.4 is 4.74 Å². The van der Waals surface area contributed by atoms with Gasteiger partial charge in [0.1, 0.15) is 17.6 Å². The van der Waals surface area contributed by atoms with Crippen LogP contribution in [0.5, 0.6) is 5.75 Å². The molecule has 6 heteroatoms. The Morgan fingerprint density at radius 3 is 2.56 bits per heavy atom. The molecule has 2 heterocycles. The molecule has 1 N–H and O–H groups in total. The second-order valence-electron chi connectivity index (χ2n) is 6.22. The molecule has 3 rings (SSSR count). The maximum absolute atomic E-state index is 13.7. The van der Waals surface area contributed by atoms with Gasteiger partial charge in [-0.3, -0.25) is 14.7 Å². The highest BCUT2D eigenvalue weighted by molar-refractivity contribution is 5.76. The molecule has 132 valence electrons. The van der Waals surface area contributed by atoms with E-state index >= 15 is 0 Å². The van der Waals surface area contributed by atoms with E-state index in [1.54, 1.807) is 12.4 Å². The van der Waals surface area contributed by atoms with Crippen molar-refractivity contribution in [2.24, 2.45) is 0 Å². The largest absolute Gasteiger partial charge is 0.496 e. The number of methoxy groups -OCH3 is 1. The summed E-state index contributed by atoms with van der Waals surface area (Å²) in [7, 11) is 1.46. The van der Waals surface area contributed by atoms with Crippen LogP contribution in [0.3, 0.4) is 0 Å². The summed E-state index contributed by atoms with van der Waals surface area (Å²) in [6.45, 7) is 1.26. The number of hydrogen-bond acceptors (Lipinski definition) is 4. The Morgan fingerprint density at radius 2 is 1.96 bits per heavy atom. The average molecular weight is 344 g/mol. The van der Waals surface area contributed by atoms with Gasteiger partial charge >= 0.3 is 5.97 Å². The molecule has 0 aliphatic carbocycles. The molecule has 1 saturated heterocycles. The van der Waals surface area contributed by atoms with Crippen molar-refractivity contribution in [1.82, 2.24) is 9.88 Å². The highest BCUT2D eigenvalue weighted by Crippen LogP contribution is 2.35. The van der Waals surface area contributed by atoms with Crippen molar-refractivity contribution in [1.29, 1.82) is 0 Å². The number of nitrogens with zero attached hydrogens (tertiary/aromatic N) is 2. The summed E-state index contributed by atoms with van der Waals surface area (Å²) in [6, 6.07) is 7.10. The maximum Gasteiger partial charge on any atom is 0.325 e. The smallest absolute Gasteiger partial charge is 0.325 e. The Labute approximate surface area is 146 Å². The first-order valence-electron chi connectivity index (χ1n) is 8.30. The molecule has 0 bridgehead atoms. The van der Waals surface area contributed by atoms with Gasteiger partial charge in [-0.2, -0.15) is 0 Å². The van der Waals surface area contributed by atoms with Gasteiger partial charge in [0.25, 0.3) is 0 Å². The predicted octanol–water partition coefficient (Wildman–Crippen LogP) is 3.23. The number of rotatable bonds is 5. The number of piperidine rings is 1. The van der Waals surface area contributed by atoms with E-state index in [1.807, 2.05) is 17.0 Å². The number of likely N-dealkylation sites (tertiary alicyclic amines) is 1. The van der Waals surface area contributed by atoms with Crippen molar-refractivity contribution in [2.45, 2.75) is 24.8 Å². The van der Waals surface area contributed by atoms with Gasteiger partial charge in [-0.05, 0) is 67.7 Å². The summed E-state index contributed by atoms with van der Waals surface area (Å²) in [5, 5.41) is 9.74. The van der Waals surface area contributed by atoms with Gasteiger partial charge in [0.15, 0.2) is 0 Å². The molecule has 0 saturated carbocycles. The summed E-state index contributed by atoms with van der Waals surface area (Å²) in [5.74, 6) is -0.673. The molecular formula is C19H21FN2O3. The fourth-order valence-corrected chi connectivity index (χ4v) is 3.53. The summed E-state index contributed by atoms with van der Waals surface area (Å²) >= 11 is 0. The zero-order valence-electron chi connectivity index (χ0n) is 14.1. The lowest BCUT2D eigenvalue weighted by Crippen LogP contribution is -2.40. The standard InChI is InChI=1S/C19H21FN2O3/c1-25-17-3-2-15(20)12-16(17)18(19(23)24)22-10-6-14(7-11-22)13-4-8-21-9-5-13/h2-5,8-9,12,14,18H,6-7,10-11H2,1H3,(H,23,24)/t18-/m0/s1. The maximum atomic E-state index is 13.7. The minimum absolute atomic E-state index is 0.359. The van der Waals surface area contributed by atoms with Crippen LogP contribution in [0.15, 0.2) is 42.7 Å². The van der Waals surface area contributed by atoms with Gasteiger partial charge in [0.2, 0.25) is 0 Å². The van der Waals surface area contributed by atoms with Gasteiger partial charge in [-0.1, -0.05) is 0 Å². The van der Waals surface area contributed by atoms with E-state index in [-0.39, 0.29) is 0 Å². The first-order chi connectivity index (χ1) is 12.1. The summed E-state index contributed by atoms with van der Waals surface area (Å²) in [4.78, 5) is 17.8. The van der Waals surface area contributed by atoms with E-state index in [9.17, 15) is 14.3 Å². The third-order valence-electron chi connectivity index (χ3n) is 4.79. The van der Waals surface area contributed by atoms with Crippen molar-refractivity contribution < 1.29 is 19.0 Å². The number of pyridine rings is 1. The SMILES string of the molecule is COc1ccc(F)cc1[C@@H](C(=O)O)N1CCC(c2ccncc2)CC1. The van der Waals surface area contributed by atoms with Crippen LogP contribution in [-0.2, 0) is 4.79 Å². The number of carboxylic acids is 1. The molecule has 2 aromatic rings. The third-order valence-corrected chi connectivity index (χ3v) is 4.79. The number of benzene rings is 1. The molecule has 1 aromatic heterocycles. The van der Waals surface area contributed by atoms with Crippen LogP contribution in [0.4, 0.5) is 4.39 Å². The van der Waals surface area contributed by atoms with Crippen LogP contribution in [-0.4, -0.2) is 41.2 Å². The molecule has 5 nitrogen and oxygen atoms in total. The Morgan fingerprint density at radius 1 is 1.28 bits per heavy atom. The Hall–Kier alpha value is -2.47. The minimum Gasteiger partial charge on any atom is -0.496 e. The van der Waals surface area contributed by atoms with Crippen molar-refractivity contribution in [3.63, 3.8) is 0 Å². The number of hydrogen-bond donors (Lipinski definition) is 1. The summed E-state index contributed by atoms with van der Waals surface area (Å²) in [6.07, 6.45) is 5.26. The first kappa shape index (κ1) is 17.4. The van der Waals surface area contributed by atoms with Crippen molar-refractivity contribution in [2.75, 3.05) is 20.2 Å². The van der Waals surface area contributed by atoms with Gasteiger partial charge in [-0.25, -0.2) is 4.39 Å². The fourth-order valence-electron chi connectivity index (χ4n) is 3.53. The van der Waals surface area contributed by atoms with Crippen LogP contribution in [0.1, 0.15) is 35.9 Å². The molecule has 0 spiro atoms. The second-order valence-corrected chi connectivity index (χ2v) is 6.22. The molecular weight excluding hydrogens is 323 g/mol. The predicted molar refractivity (Wildman–Crippen MR) is 91.1 cm³/mol. The lowest BCUT2D eigenvalue weighted by atomic mass is 9.88. The number of aliphatic carboxylic acids is 1. The second kappa shape index (κ2) is 7.61. The van der Waals surface area contributed by atoms with E-state index < -0.39 is 17.8 Å². The lowest BCUT2D eigenvalue weighted by molar-refractivity contribution is -0.144. The number of halogens is 1. The minimum atomic E-state index is -0.994. The normalized spacial score (nSPS) is 17.2. The Kier molecular flexibility index (Phi) is 5.28. The van der Waals surface area contributed by atoms with E-state index in [0.29, 0.717) is 30.3 Å². The van der Waals surface area contributed by atoms with Crippen LogP contribution in [0.2, 0.25) is 0 Å². The average Bonchev–Trinajstić information content (AvgIpc) is 2.63. The Balaban J connectivity index is 1.80. The number of aromatic nitrogens is 1. The van der Waals surface area contributed by atoms with E-state index in [2.05, 4.69) is 4.98 Å². The molecule has 1 fully saturated rings. The first-order valence-corrected chi connectivity index (χ1v) is 8.30. The van der Waals surface area contributed by atoms with E-state index in [1.165, 1.54) is 30.9 Å². The Bertz CT molecular complexity index is 731. The van der Waals surface area contributed by atoms with E-state index in [4.69, 9.17) is 4.74 Å². The molecule has 0 amide bonds. The summed E-state index contributed by atoms with van der Waals surface area (Å²) < 4.78 is 18.9. The van der Waals surface area contributed by atoms with Crippen molar-refractivity contribution >= 4 is 5.97 Å². The van der Waals surface area contributed by atoms with Gasteiger partial charge < -0.3 is 9.84 Å². The van der Waals surface area contributed by atoms with Crippen molar-refractivity contribution in [3.8, 4) is 5.75 Å². The molecule has 25 heavy (non-hydrogen) atoms. The van der Waals surface area contributed by atoms with Crippen LogP contribution in [0, 0.1) is 5.82 Å². The van der Waals surface area contributed by atoms with Crippen LogP contribution >= 0.6 is 0 Å². The van der Waals surface area contributed by atoms with Gasteiger partial charge in [-0.15, -0.1) is 0 Å². The zero-order chi connectivity index (χ0) is 17.8. The van der Waals surface area contributed by atoms with Gasteiger partial charge in [0, 0.05) is 18.0 Å². The highest BCUT2D eigenvalue weighted by Gasteiger charge is 2.33. The van der Waals surface area contributed by atoms with Crippen molar-refractivity contribution in [3.05, 3.63) is 59.7 Å². The highest BCUT2D eigenvalue weighted by atomic mass is 19.1. The van der Waals surface area contributed by atoms with Gasteiger partial charge in [0.05, 0.1) is 7.11 Å². The summed E-state index contributed by atoms with van der Waals surface area (Å²) in [5.41, 5.74) is 1.59. The third kappa shape index (κ3) is 3.79. The monoisotopic (exact) mass is 344 g/mol. The fraction of sp³-hybridized carbons (Fsp3) is 0.368. The number of carboxylic acid groups (broad SMARTS) is 1. The molecule has 0 unspecified atom stereocenters. The number of ether oxygens (including phenoxy) is 1. The topological polar surface area (TPSA) is 62.7 Å². The zero-order valence-corrected chi connectivity index (χ0v) is 14.1. The molecule has 0 radical (unpaired) electrons. The number of carbonyl (C=O) groups is 1. The van der Waals surface area contributed by atoms with Crippen LogP contribution in [0.25, 0.3) is 0 Å². The van der Waals surface area contributed by atoms with E-state index in [0.717, 1.165) is 12.8 Å². The lowest BCUT2D eigenvalue weighted by Gasteiger charge is -2.36. The quantitative estimate of drug-likeness (QED) is 0.902. The molecule has 1 aliphatic heterocycles. The molecule has 1 aromatic carbocycles. The molecule has 1 atom stereocenters. The molecule has 1 aliphatic rings.